The Balaban J connectivity index is 1.92. The van der Waals surface area contributed by atoms with Crippen LogP contribution in [0.4, 0.5) is 11.4 Å². The molecule has 4 N–H and O–H groups in total. The highest BCUT2D eigenvalue weighted by molar-refractivity contribution is 6.31. The lowest BCUT2D eigenvalue weighted by molar-refractivity contribution is -0.116. The van der Waals surface area contributed by atoms with Gasteiger partial charge in [-0.1, -0.05) is 17.7 Å². The molecule has 0 radical (unpaired) electrons. The molecule has 5 nitrogen and oxygen atoms in total. The number of amides is 2. The molecule has 0 aliphatic carbocycles. The molecule has 0 fully saturated rings. The fourth-order valence-electron chi connectivity index (χ4n) is 2.30. The van der Waals surface area contributed by atoms with E-state index < -0.39 is 11.9 Å². The minimum absolute atomic E-state index is 0.170. The number of carbonyl (C=O) groups is 2. The lowest BCUT2D eigenvalue weighted by Gasteiger charge is -2.13. The Labute approximate surface area is 126 Å². The summed E-state index contributed by atoms with van der Waals surface area (Å²) in [5.74, 6) is -0.685. The molecule has 1 aliphatic rings. The maximum Gasteiger partial charge on any atom is 0.251 e. The maximum absolute atomic E-state index is 12.1. The van der Waals surface area contributed by atoms with Crippen LogP contribution in [0, 0.1) is 0 Å². The normalized spacial score (nSPS) is 16.2. The first-order chi connectivity index (χ1) is 10.0. The number of carbonyl (C=O) groups excluding carboxylic acids is 2. The molecule has 1 aliphatic heterocycles. The van der Waals surface area contributed by atoms with Gasteiger partial charge in [0.15, 0.2) is 0 Å². The monoisotopic (exact) mass is 301 g/mol. The minimum Gasteiger partial charge on any atom is -0.370 e. The first-order valence-electron chi connectivity index (χ1n) is 6.31. The number of benzene rings is 2. The number of halogens is 1. The zero-order chi connectivity index (χ0) is 15.0. The Morgan fingerprint density at radius 3 is 2.81 bits per heavy atom. The van der Waals surface area contributed by atoms with Gasteiger partial charge in [-0.15, -0.1) is 0 Å². The second kappa shape index (κ2) is 5.10. The molecule has 21 heavy (non-hydrogen) atoms. The van der Waals surface area contributed by atoms with E-state index >= 15 is 0 Å². The Kier molecular flexibility index (Phi) is 3.27. The van der Waals surface area contributed by atoms with Crippen molar-refractivity contribution in [2.24, 2.45) is 5.73 Å². The zero-order valence-corrected chi connectivity index (χ0v) is 11.6. The molecule has 0 spiro atoms. The Bertz CT molecular complexity index is 745. The summed E-state index contributed by atoms with van der Waals surface area (Å²) in [4.78, 5) is 23.3. The summed E-state index contributed by atoms with van der Waals surface area (Å²) >= 11 is 5.98. The zero-order valence-electron chi connectivity index (χ0n) is 10.9. The largest absolute Gasteiger partial charge is 0.370 e. The van der Waals surface area contributed by atoms with E-state index in [0.29, 0.717) is 16.3 Å². The van der Waals surface area contributed by atoms with Crippen LogP contribution >= 0.6 is 11.6 Å². The van der Waals surface area contributed by atoms with Gasteiger partial charge in [0.05, 0.1) is 0 Å². The molecule has 0 saturated heterocycles. The number of primary amides is 1. The van der Waals surface area contributed by atoms with Crippen LogP contribution in [0.5, 0.6) is 0 Å². The molecule has 106 valence electrons. The highest BCUT2D eigenvalue weighted by atomic mass is 35.5. The second-order valence-corrected chi connectivity index (χ2v) is 5.18. The SMILES string of the molecule is NC(=O)c1cccc(NC2C(=O)Nc3ccc(Cl)cc32)c1. The Hall–Kier alpha value is -2.53. The third-order valence-electron chi connectivity index (χ3n) is 3.30. The summed E-state index contributed by atoms with van der Waals surface area (Å²) in [5, 5.41) is 6.43. The Morgan fingerprint density at radius 2 is 2.05 bits per heavy atom. The smallest absolute Gasteiger partial charge is 0.251 e. The lowest BCUT2D eigenvalue weighted by Crippen LogP contribution is -2.20. The fraction of sp³-hybridized carbons (Fsp3) is 0.0667. The van der Waals surface area contributed by atoms with E-state index in [0.717, 1.165) is 11.3 Å². The van der Waals surface area contributed by atoms with Crippen LogP contribution in [0.2, 0.25) is 5.02 Å². The highest BCUT2D eigenvalue weighted by Crippen LogP contribution is 2.35. The van der Waals surface area contributed by atoms with Gasteiger partial charge in [0, 0.05) is 27.5 Å². The van der Waals surface area contributed by atoms with E-state index in [1.807, 2.05) is 0 Å². The van der Waals surface area contributed by atoms with Crippen LogP contribution < -0.4 is 16.4 Å². The fourth-order valence-corrected chi connectivity index (χ4v) is 2.49. The molecule has 2 amide bonds. The van der Waals surface area contributed by atoms with E-state index in [1.54, 1.807) is 42.5 Å². The van der Waals surface area contributed by atoms with Crippen molar-refractivity contribution >= 4 is 34.8 Å². The van der Waals surface area contributed by atoms with Crippen molar-refractivity contribution < 1.29 is 9.59 Å². The van der Waals surface area contributed by atoms with E-state index in [2.05, 4.69) is 10.6 Å². The van der Waals surface area contributed by atoms with Gasteiger partial charge in [-0.05, 0) is 36.4 Å². The van der Waals surface area contributed by atoms with Crippen LogP contribution in [0.3, 0.4) is 0 Å². The molecule has 2 aromatic rings. The third kappa shape index (κ3) is 2.55. The molecule has 1 unspecified atom stereocenters. The lowest BCUT2D eigenvalue weighted by atomic mass is 10.1. The molecular formula is C15H12ClN3O2. The van der Waals surface area contributed by atoms with E-state index in [4.69, 9.17) is 17.3 Å². The average Bonchev–Trinajstić information content (AvgIpc) is 2.75. The number of rotatable bonds is 3. The standard InChI is InChI=1S/C15H12ClN3O2/c16-9-4-5-12-11(7-9)13(15(21)19-12)18-10-3-1-2-8(6-10)14(17)20/h1-7,13,18H,(H2,17,20)(H,19,21). The first-order valence-corrected chi connectivity index (χ1v) is 6.69. The predicted octanol–water partition coefficient (Wildman–Crippen LogP) is 2.54. The van der Waals surface area contributed by atoms with Crippen LogP contribution in [-0.4, -0.2) is 11.8 Å². The predicted molar refractivity (Wildman–Crippen MR) is 81.4 cm³/mol. The summed E-state index contributed by atoms with van der Waals surface area (Å²) in [6.07, 6.45) is 0. The quantitative estimate of drug-likeness (QED) is 0.814. The van der Waals surface area contributed by atoms with Crippen molar-refractivity contribution in [3.63, 3.8) is 0 Å². The van der Waals surface area contributed by atoms with Crippen molar-refractivity contribution in [3.8, 4) is 0 Å². The summed E-state index contributed by atoms with van der Waals surface area (Å²) in [6, 6.07) is 11.4. The van der Waals surface area contributed by atoms with Crippen LogP contribution in [0.25, 0.3) is 0 Å². The van der Waals surface area contributed by atoms with E-state index in [9.17, 15) is 9.59 Å². The van der Waals surface area contributed by atoms with Crippen LogP contribution in [0.1, 0.15) is 22.0 Å². The van der Waals surface area contributed by atoms with Crippen molar-refractivity contribution in [1.82, 2.24) is 0 Å². The number of hydrogen-bond acceptors (Lipinski definition) is 3. The molecule has 2 aromatic carbocycles. The number of nitrogens with one attached hydrogen (secondary N) is 2. The first kappa shape index (κ1) is 13.5. The van der Waals surface area contributed by atoms with Crippen molar-refractivity contribution in [3.05, 3.63) is 58.6 Å². The van der Waals surface area contributed by atoms with Crippen LogP contribution in [0.15, 0.2) is 42.5 Å². The number of hydrogen-bond donors (Lipinski definition) is 3. The van der Waals surface area contributed by atoms with Gasteiger partial charge in [-0.25, -0.2) is 0 Å². The second-order valence-electron chi connectivity index (χ2n) is 4.74. The molecule has 0 saturated carbocycles. The highest BCUT2D eigenvalue weighted by Gasteiger charge is 2.30. The molecule has 0 bridgehead atoms. The molecule has 6 heteroatoms. The average molecular weight is 302 g/mol. The minimum atomic E-state index is -0.554. The summed E-state index contributed by atoms with van der Waals surface area (Å²) < 4.78 is 0. The van der Waals surface area contributed by atoms with Gasteiger partial charge >= 0.3 is 0 Å². The van der Waals surface area contributed by atoms with Gasteiger partial charge in [0.2, 0.25) is 5.91 Å². The molecular weight excluding hydrogens is 290 g/mol. The van der Waals surface area contributed by atoms with Crippen LogP contribution in [-0.2, 0) is 4.79 Å². The topological polar surface area (TPSA) is 84.2 Å². The molecule has 1 atom stereocenters. The Morgan fingerprint density at radius 1 is 1.24 bits per heavy atom. The summed E-state index contributed by atoms with van der Waals surface area (Å²) in [6.45, 7) is 0. The summed E-state index contributed by atoms with van der Waals surface area (Å²) in [5.41, 5.74) is 7.77. The third-order valence-corrected chi connectivity index (χ3v) is 3.54. The molecule has 0 aromatic heterocycles. The molecule has 1 heterocycles. The van der Waals surface area contributed by atoms with Crippen molar-refractivity contribution in [2.75, 3.05) is 10.6 Å². The van der Waals surface area contributed by atoms with Gasteiger partial charge in [-0.2, -0.15) is 0 Å². The maximum atomic E-state index is 12.1. The van der Waals surface area contributed by atoms with Crippen molar-refractivity contribution in [1.29, 1.82) is 0 Å². The van der Waals surface area contributed by atoms with Crippen molar-refractivity contribution in [2.45, 2.75) is 6.04 Å². The number of fused-ring (bicyclic) bond motifs is 1. The van der Waals surface area contributed by atoms with Gasteiger partial charge < -0.3 is 16.4 Å². The van der Waals surface area contributed by atoms with Gasteiger partial charge in [0.1, 0.15) is 6.04 Å². The van der Waals surface area contributed by atoms with Gasteiger partial charge in [-0.3, -0.25) is 9.59 Å². The number of nitrogens with two attached hydrogens (primary N) is 1. The summed E-state index contributed by atoms with van der Waals surface area (Å²) in [7, 11) is 0. The number of anilines is 2. The van der Waals surface area contributed by atoms with E-state index in [-0.39, 0.29) is 5.91 Å². The van der Waals surface area contributed by atoms with E-state index in [1.165, 1.54) is 0 Å². The van der Waals surface area contributed by atoms with Gasteiger partial charge in [0.25, 0.3) is 5.91 Å². The molecule has 3 rings (SSSR count).